The van der Waals surface area contributed by atoms with E-state index in [2.05, 4.69) is 4.98 Å². The molecule has 5 N–H and O–H groups in total. The fourth-order valence-corrected chi connectivity index (χ4v) is 2.08. The molecule has 0 saturated heterocycles. The summed E-state index contributed by atoms with van der Waals surface area (Å²) in [6.45, 7) is 0. The molecule has 0 fully saturated rings. The molecule has 0 aliphatic carbocycles. The predicted octanol–water partition coefficient (Wildman–Crippen LogP) is 0.0524. The number of benzene rings is 1. The molecule has 0 aliphatic rings. The van der Waals surface area contributed by atoms with Gasteiger partial charge in [0.2, 0.25) is 0 Å². The molecule has 0 spiro atoms. The van der Waals surface area contributed by atoms with Gasteiger partial charge >= 0.3 is 7.60 Å². The Balaban J connectivity index is 2.86. The van der Waals surface area contributed by atoms with Crippen LogP contribution in [-0.4, -0.2) is 14.8 Å². The highest BCUT2D eigenvalue weighted by Gasteiger charge is 2.22. The minimum absolute atomic E-state index is 0.124. The number of nitrogens with one attached hydrogen (secondary N) is 1. The second-order valence-corrected chi connectivity index (χ2v) is 5.06. The van der Waals surface area contributed by atoms with E-state index in [0.717, 1.165) is 12.1 Å². The highest BCUT2D eigenvalue weighted by Crippen LogP contribution is 2.32. The topological polar surface area (TPSA) is 116 Å². The molecule has 0 atom stereocenters. The molecule has 0 amide bonds. The lowest BCUT2D eigenvalue weighted by atomic mass is 10.2. The lowest BCUT2D eigenvalue weighted by Gasteiger charge is -2.06. The summed E-state index contributed by atoms with van der Waals surface area (Å²) in [5, 5.41) is -0.419. The summed E-state index contributed by atoms with van der Waals surface area (Å²) in [5.74, 6) is -0.711. The number of pyridine rings is 1. The van der Waals surface area contributed by atoms with E-state index in [0.29, 0.717) is 0 Å². The third-order valence-corrected chi connectivity index (χ3v) is 3.22. The standard InChI is InChI=1S/C9H8FN2O4P/c10-5-3-7-4(1-6(5)11)2-8(9(13)12-7)17(14,15)16/h1-3H,11H2,(H,12,13)(H2,14,15,16). The van der Waals surface area contributed by atoms with Crippen LogP contribution in [0.4, 0.5) is 10.1 Å². The van der Waals surface area contributed by atoms with Gasteiger partial charge in [0.15, 0.2) is 0 Å². The maximum atomic E-state index is 13.1. The van der Waals surface area contributed by atoms with Crippen LogP contribution in [0.25, 0.3) is 10.9 Å². The van der Waals surface area contributed by atoms with Gasteiger partial charge in [0, 0.05) is 11.5 Å². The molecular formula is C9H8FN2O4P. The van der Waals surface area contributed by atoms with E-state index >= 15 is 0 Å². The van der Waals surface area contributed by atoms with Crippen molar-refractivity contribution in [3.63, 3.8) is 0 Å². The second-order valence-electron chi connectivity index (χ2n) is 3.49. The minimum atomic E-state index is -4.67. The molecule has 0 unspecified atom stereocenters. The number of nitrogens with two attached hydrogens (primary N) is 1. The Labute approximate surface area is 94.1 Å². The second kappa shape index (κ2) is 3.66. The number of fused-ring (bicyclic) bond motifs is 1. The zero-order valence-corrected chi connectivity index (χ0v) is 9.24. The first kappa shape index (κ1) is 11.8. The Morgan fingerprint density at radius 3 is 2.53 bits per heavy atom. The van der Waals surface area contributed by atoms with E-state index in [1.165, 1.54) is 6.07 Å². The van der Waals surface area contributed by atoms with Crippen molar-refractivity contribution in [1.29, 1.82) is 0 Å². The van der Waals surface area contributed by atoms with Gasteiger partial charge in [0.05, 0.1) is 11.2 Å². The van der Waals surface area contributed by atoms with Gasteiger partial charge in [0.25, 0.3) is 5.56 Å². The quantitative estimate of drug-likeness (QED) is 0.426. The Bertz CT molecular complexity index is 706. The van der Waals surface area contributed by atoms with Crippen LogP contribution in [0.3, 0.4) is 0 Å². The number of halogens is 1. The molecule has 0 radical (unpaired) electrons. The molecular weight excluding hydrogens is 250 g/mol. The number of hydrogen-bond acceptors (Lipinski definition) is 3. The number of nitrogen functional groups attached to an aromatic ring is 1. The highest BCUT2D eigenvalue weighted by molar-refractivity contribution is 7.60. The molecule has 2 aromatic rings. The van der Waals surface area contributed by atoms with Crippen LogP contribution >= 0.6 is 7.60 Å². The maximum Gasteiger partial charge on any atom is 0.361 e. The molecule has 6 nitrogen and oxygen atoms in total. The number of hydrogen-bond donors (Lipinski definition) is 4. The van der Waals surface area contributed by atoms with Crippen LogP contribution in [0.15, 0.2) is 23.0 Å². The summed E-state index contributed by atoms with van der Waals surface area (Å²) < 4.78 is 24.1. The predicted molar refractivity (Wildman–Crippen MR) is 60.6 cm³/mol. The molecule has 0 saturated carbocycles. The van der Waals surface area contributed by atoms with Crippen molar-refractivity contribution in [2.75, 3.05) is 5.73 Å². The number of anilines is 1. The van der Waals surface area contributed by atoms with Gasteiger partial charge in [-0.15, -0.1) is 0 Å². The number of H-pyrrole nitrogens is 1. The van der Waals surface area contributed by atoms with Gasteiger partial charge in [0.1, 0.15) is 11.1 Å². The van der Waals surface area contributed by atoms with Gasteiger partial charge in [-0.3, -0.25) is 9.36 Å². The normalized spacial score (nSPS) is 11.9. The monoisotopic (exact) mass is 258 g/mol. The van der Waals surface area contributed by atoms with Crippen molar-refractivity contribution < 1.29 is 18.7 Å². The number of rotatable bonds is 1. The van der Waals surface area contributed by atoms with Crippen molar-refractivity contribution >= 4 is 29.5 Å². The van der Waals surface area contributed by atoms with E-state index in [-0.39, 0.29) is 16.6 Å². The maximum absolute atomic E-state index is 13.1. The van der Waals surface area contributed by atoms with Crippen LogP contribution in [0, 0.1) is 5.82 Å². The fraction of sp³-hybridized carbons (Fsp3) is 0. The van der Waals surface area contributed by atoms with Crippen molar-refractivity contribution in [3.8, 4) is 0 Å². The Hall–Kier alpha value is -1.69. The van der Waals surface area contributed by atoms with Gasteiger partial charge in [-0.05, 0) is 12.1 Å². The Morgan fingerprint density at radius 2 is 1.94 bits per heavy atom. The van der Waals surface area contributed by atoms with E-state index < -0.39 is 24.3 Å². The molecule has 90 valence electrons. The van der Waals surface area contributed by atoms with Crippen LogP contribution in [0.1, 0.15) is 0 Å². The summed E-state index contributed by atoms with van der Waals surface area (Å²) in [7, 11) is -4.67. The van der Waals surface area contributed by atoms with Gasteiger partial charge in [-0.25, -0.2) is 4.39 Å². The first-order valence-corrected chi connectivity index (χ1v) is 6.08. The van der Waals surface area contributed by atoms with Crippen LogP contribution in [-0.2, 0) is 4.57 Å². The Morgan fingerprint density at radius 1 is 1.29 bits per heavy atom. The molecule has 1 aromatic heterocycles. The van der Waals surface area contributed by atoms with Crippen molar-refractivity contribution in [2.45, 2.75) is 0 Å². The van der Waals surface area contributed by atoms with Crippen molar-refractivity contribution in [2.24, 2.45) is 0 Å². The lowest BCUT2D eigenvalue weighted by Crippen LogP contribution is -2.26. The zero-order valence-electron chi connectivity index (χ0n) is 8.35. The van der Waals surface area contributed by atoms with E-state index in [4.69, 9.17) is 15.5 Å². The molecule has 0 bridgehead atoms. The SMILES string of the molecule is Nc1cc2cc(P(=O)(O)O)c(=O)[nH]c2cc1F. The lowest BCUT2D eigenvalue weighted by molar-refractivity contribution is 0.387. The third-order valence-electron chi connectivity index (χ3n) is 2.26. The molecule has 2 rings (SSSR count). The highest BCUT2D eigenvalue weighted by atomic mass is 31.2. The largest absolute Gasteiger partial charge is 0.396 e. The van der Waals surface area contributed by atoms with Crippen molar-refractivity contribution in [3.05, 3.63) is 34.4 Å². The van der Waals surface area contributed by atoms with E-state index in [9.17, 15) is 13.8 Å². The zero-order chi connectivity index (χ0) is 12.8. The first-order chi connectivity index (χ1) is 7.79. The Kier molecular flexibility index (Phi) is 2.54. The number of aromatic amines is 1. The first-order valence-electron chi connectivity index (χ1n) is 4.47. The molecule has 1 heterocycles. The minimum Gasteiger partial charge on any atom is -0.396 e. The summed E-state index contributed by atoms with van der Waals surface area (Å²) in [5.41, 5.74) is 4.33. The average molecular weight is 258 g/mol. The fourth-order valence-electron chi connectivity index (χ4n) is 1.45. The van der Waals surface area contributed by atoms with E-state index in [1.807, 2.05) is 0 Å². The molecule has 0 aliphatic heterocycles. The summed E-state index contributed by atoms with van der Waals surface area (Å²) in [4.78, 5) is 31.4. The summed E-state index contributed by atoms with van der Waals surface area (Å²) >= 11 is 0. The number of aromatic nitrogens is 1. The third kappa shape index (κ3) is 2.08. The molecule has 17 heavy (non-hydrogen) atoms. The molecule has 1 aromatic carbocycles. The smallest absolute Gasteiger partial charge is 0.361 e. The van der Waals surface area contributed by atoms with Crippen LogP contribution in [0.5, 0.6) is 0 Å². The van der Waals surface area contributed by atoms with Crippen molar-refractivity contribution in [1.82, 2.24) is 4.98 Å². The van der Waals surface area contributed by atoms with E-state index in [1.54, 1.807) is 0 Å². The van der Waals surface area contributed by atoms with Gasteiger partial charge in [-0.1, -0.05) is 0 Å². The van der Waals surface area contributed by atoms with Crippen LogP contribution < -0.4 is 16.6 Å². The van der Waals surface area contributed by atoms with Gasteiger partial charge < -0.3 is 20.5 Å². The van der Waals surface area contributed by atoms with Gasteiger partial charge in [-0.2, -0.15) is 0 Å². The molecule has 8 heteroatoms. The van der Waals surface area contributed by atoms with Crippen LogP contribution in [0.2, 0.25) is 0 Å². The average Bonchev–Trinajstić information content (AvgIpc) is 2.18. The summed E-state index contributed by atoms with van der Waals surface area (Å²) in [6, 6.07) is 3.19. The summed E-state index contributed by atoms with van der Waals surface area (Å²) in [6.07, 6.45) is 0.